The SMILES string of the molecule is CCNC(=NCc1ccc(OC)c(OC)c1OC)N1CCOC(c2cnn(C)c2)C1. The van der Waals surface area contributed by atoms with Gasteiger partial charge in [0.15, 0.2) is 17.5 Å². The average molecular weight is 418 g/mol. The van der Waals surface area contributed by atoms with Crippen molar-refractivity contribution in [2.45, 2.75) is 19.6 Å². The van der Waals surface area contributed by atoms with Gasteiger partial charge in [0.25, 0.3) is 0 Å². The van der Waals surface area contributed by atoms with E-state index in [0.29, 0.717) is 36.9 Å². The molecular formula is C21H31N5O4. The van der Waals surface area contributed by atoms with Crippen molar-refractivity contribution in [2.75, 3.05) is 47.6 Å². The smallest absolute Gasteiger partial charge is 0.203 e. The Morgan fingerprint density at radius 3 is 2.67 bits per heavy atom. The molecule has 164 valence electrons. The molecule has 2 heterocycles. The molecule has 0 saturated carbocycles. The van der Waals surface area contributed by atoms with Crippen LogP contribution < -0.4 is 19.5 Å². The molecule has 0 spiro atoms. The number of benzene rings is 1. The lowest BCUT2D eigenvalue weighted by molar-refractivity contribution is -0.00805. The molecule has 1 aliphatic heterocycles. The Kier molecular flexibility index (Phi) is 7.40. The van der Waals surface area contributed by atoms with Gasteiger partial charge in [-0.1, -0.05) is 0 Å². The van der Waals surface area contributed by atoms with Crippen molar-refractivity contribution >= 4 is 5.96 Å². The summed E-state index contributed by atoms with van der Waals surface area (Å²) in [7, 11) is 6.74. The molecule has 1 N–H and O–H groups in total. The Morgan fingerprint density at radius 1 is 1.23 bits per heavy atom. The van der Waals surface area contributed by atoms with Crippen LogP contribution in [-0.4, -0.2) is 68.2 Å². The van der Waals surface area contributed by atoms with E-state index in [4.69, 9.17) is 23.9 Å². The number of aromatic nitrogens is 2. The van der Waals surface area contributed by atoms with E-state index < -0.39 is 0 Å². The number of guanidine groups is 1. The molecule has 3 rings (SSSR count). The summed E-state index contributed by atoms with van der Waals surface area (Å²) in [5.41, 5.74) is 1.99. The quantitative estimate of drug-likeness (QED) is 0.545. The fourth-order valence-electron chi connectivity index (χ4n) is 3.52. The second-order valence-corrected chi connectivity index (χ2v) is 6.92. The Bertz CT molecular complexity index is 867. The second kappa shape index (κ2) is 10.2. The molecule has 30 heavy (non-hydrogen) atoms. The van der Waals surface area contributed by atoms with Crippen LogP contribution in [0.5, 0.6) is 17.2 Å². The first kappa shape index (κ1) is 21.8. The van der Waals surface area contributed by atoms with Crippen molar-refractivity contribution in [3.05, 3.63) is 35.7 Å². The molecule has 2 aromatic rings. The lowest BCUT2D eigenvalue weighted by Crippen LogP contribution is -2.48. The summed E-state index contributed by atoms with van der Waals surface area (Å²) in [5, 5.41) is 7.65. The maximum absolute atomic E-state index is 5.96. The summed E-state index contributed by atoms with van der Waals surface area (Å²) >= 11 is 0. The number of rotatable bonds is 7. The highest BCUT2D eigenvalue weighted by atomic mass is 16.5. The number of aliphatic imine (C=N–C) groups is 1. The van der Waals surface area contributed by atoms with Crippen LogP contribution in [-0.2, 0) is 18.3 Å². The first-order valence-corrected chi connectivity index (χ1v) is 10.0. The van der Waals surface area contributed by atoms with Crippen molar-refractivity contribution in [1.29, 1.82) is 0 Å². The number of aryl methyl sites for hydroxylation is 1. The average Bonchev–Trinajstić information content (AvgIpc) is 3.22. The van der Waals surface area contributed by atoms with Crippen LogP contribution in [0, 0.1) is 0 Å². The maximum Gasteiger partial charge on any atom is 0.203 e. The molecule has 1 unspecified atom stereocenters. The Hall–Kier alpha value is -2.94. The number of morpholine rings is 1. The van der Waals surface area contributed by atoms with Crippen LogP contribution in [0.1, 0.15) is 24.2 Å². The molecule has 1 aromatic carbocycles. The molecule has 9 heteroatoms. The molecular weight excluding hydrogens is 386 g/mol. The number of nitrogens with one attached hydrogen (secondary N) is 1. The zero-order valence-corrected chi connectivity index (χ0v) is 18.3. The minimum atomic E-state index is -0.0353. The van der Waals surface area contributed by atoms with Gasteiger partial charge >= 0.3 is 0 Å². The third kappa shape index (κ3) is 4.79. The zero-order valence-electron chi connectivity index (χ0n) is 18.3. The number of ether oxygens (including phenoxy) is 4. The summed E-state index contributed by atoms with van der Waals surface area (Å²) in [6, 6.07) is 3.82. The van der Waals surface area contributed by atoms with E-state index in [1.165, 1.54) is 0 Å². The van der Waals surface area contributed by atoms with Gasteiger partial charge in [0.2, 0.25) is 5.75 Å². The molecule has 0 amide bonds. The second-order valence-electron chi connectivity index (χ2n) is 6.92. The van der Waals surface area contributed by atoms with Crippen molar-refractivity contribution < 1.29 is 18.9 Å². The lowest BCUT2D eigenvalue weighted by Gasteiger charge is -2.34. The van der Waals surface area contributed by atoms with Crippen LogP contribution in [0.3, 0.4) is 0 Å². The number of hydrogen-bond donors (Lipinski definition) is 1. The van der Waals surface area contributed by atoms with Gasteiger partial charge in [0.05, 0.1) is 47.2 Å². The van der Waals surface area contributed by atoms with Gasteiger partial charge in [-0.25, -0.2) is 4.99 Å². The minimum Gasteiger partial charge on any atom is -0.493 e. The highest BCUT2D eigenvalue weighted by Gasteiger charge is 2.25. The molecule has 1 atom stereocenters. The fraction of sp³-hybridized carbons (Fsp3) is 0.524. The van der Waals surface area contributed by atoms with E-state index in [9.17, 15) is 0 Å². The monoisotopic (exact) mass is 417 g/mol. The van der Waals surface area contributed by atoms with Crippen molar-refractivity contribution in [1.82, 2.24) is 20.0 Å². The van der Waals surface area contributed by atoms with E-state index in [0.717, 1.165) is 30.2 Å². The minimum absolute atomic E-state index is 0.0353. The largest absolute Gasteiger partial charge is 0.493 e. The van der Waals surface area contributed by atoms with Gasteiger partial charge in [-0.05, 0) is 19.1 Å². The molecule has 0 bridgehead atoms. The third-order valence-corrected chi connectivity index (χ3v) is 4.98. The van der Waals surface area contributed by atoms with E-state index in [1.807, 2.05) is 31.6 Å². The number of nitrogens with zero attached hydrogens (tertiary/aromatic N) is 4. The number of hydrogen-bond acceptors (Lipinski definition) is 6. The van der Waals surface area contributed by atoms with Crippen molar-refractivity contribution in [3.63, 3.8) is 0 Å². The molecule has 1 aliphatic rings. The fourth-order valence-corrected chi connectivity index (χ4v) is 3.52. The van der Waals surface area contributed by atoms with Crippen molar-refractivity contribution in [2.24, 2.45) is 12.0 Å². The molecule has 0 aliphatic carbocycles. The van der Waals surface area contributed by atoms with Gasteiger partial charge < -0.3 is 29.2 Å². The highest BCUT2D eigenvalue weighted by molar-refractivity contribution is 5.80. The molecule has 1 fully saturated rings. The summed E-state index contributed by atoms with van der Waals surface area (Å²) in [6.45, 7) is 5.39. The lowest BCUT2D eigenvalue weighted by atomic mass is 10.1. The Balaban J connectivity index is 1.81. The predicted molar refractivity (Wildman–Crippen MR) is 114 cm³/mol. The van der Waals surface area contributed by atoms with Gasteiger partial charge in [-0.15, -0.1) is 0 Å². The zero-order chi connectivity index (χ0) is 21.5. The van der Waals surface area contributed by atoms with E-state index in [-0.39, 0.29) is 6.10 Å². The Labute approximate surface area is 177 Å². The summed E-state index contributed by atoms with van der Waals surface area (Å²) in [6.07, 6.45) is 3.81. The van der Waals surface area contributed by atoms with Crippen LogP contribution in [0.4, 0.5) is 0 Å². The molecule has 9 nitrogen and oxygen atoms in total. The summed E-state index contributed by atoms with van der Waals surface area (Å²) in [5.74, 6) is 2.67. The predicted octanol–water partition coefficient (Wildman–Crippen LogP) is 1.98. The first-order valence-electron chi connectivity index (χ1n) is 10.0. The molecule has 1 aromatic heterocycles. The van der Waals surface area contributed by atoms with Gasteiger partial charge in [-0.2, -0.15) is 5.10 Å². The standard InChI is InChI=1S/C21H31N5O4/c1-6-22-21(26-9-10-30-18(14-26)16-12-24-25(2)13-16)23-11-15-7-8-17(27-3)20(29-5)19(15)28-4/h7-8,12-13,18H,6,9-11,14H2,1-5H3,(H,22,23). The molecule has 1 saturated heterocycles. The van der Waals surface area contributed by atoms with Crippen LogP contribution in [0.15, 0.2) is 29.5 Å². The van der Waals surface area contributed by atoms with E-state index >= 15 is 0 Å². The topological polar surface area (TPSA) is 82.4 Å². The Morgan fingerprint density at radius 2 is 2.03 bits per heavy atom. The molecule has 0 radical (unpaired) electrons. The van der Waals surface area contributed by atoms with Gasteiger partial charge in [-0.3, -0.25) is 4.68 Å². The third-order valence-electron chi connectivity index (χ3n) is 4.98. The normalized spacial score (nSPS) is 17.0. The van der Waals surface area contributed by atoms with Crippen LogP contribution in [0.25, 0.3) is 0 Å². The van der Waals surface area contributed by atoms with Gasteiger partial charge in [0.1, 0.15) is 6.10 Å². The van der Waals surface area contributed by atoms with Crippen LogP contribution in [0.2, 0.25) is 0 Å². The highest BCUT2D eigenvalue weighted by Crippen LogP contribution is 2.40. The maximum atomic E-state index is 5.96. The summed E-state index contributed by atoms with van der Waals surface area (Å²) in [4.78, 5) is 7.08. The summed E-state index contributed by atoms with van der Waals surface area (Å²) < 4.78 is 24.2. The van der Waals surface area contributed by atoms with Crippen LogP contribution >= 0.6 is 0 Å². The first-order chi connectivity index (χ1) is 14.6. The van der Waals surface area contributed by atoms with Gasteiger partial charge in [0, 0.05) is 37.5 Å². The van der Waals surface area contributed by atoms with E-state index in [2.05, 4.69) is 22.2 Å². The van der Waals surface area contributed by atoms with E-state index in [1.54, 1.807) is 26.0 Å². The van der Waals surface area contributed by atoms with Crippen molar-refractivity contribution in [3.8, 4) is 17.2 Å². The number of methoxy groups -OCH3 is 3.